The molecule has 0 saturated carbocycles. The van der Waals surface area contributed by atoms with E-state index in [1.54, 1.807) is 22.7 Å². The highest BCUT2D eigenvalue weighted by atomic mass is 19.2. The Morgan fingerprint density at radius 3 is 2.70 bits per heavy atom. The molecule has 3 aromatic rings. The molecule has 2 aromatic heterocycles. The highest BCUT2D eigenvalue weighted by Crippen LogP contribution is 2.14. The lowest BCUT2D eigenvalue weighted by Crippen LogP contribution is -1.98. The molecule has 0 spiro atoms. The number of halogens is 2. The van der Waals surface area contributed by atoms with E-state index < -0.39 is 11.6 Å². The maximum Gasteiger partial charge on any atom is 0.160 e. The number of nitrogens with zero attached hydrogens (tertiary/aromatic N) is 4. The van der Waals surface area contributed by atoms with Crippen LogP contribution in [0.2, 0.25) is 0 Å². The van der Waals surface area contributed by atoms with Gasteiger partial charge >= 0.3 is 0 Å². The van der Waals surface area contributed by atoms with Crippen molar-refractivity contribution in [3.63, 3.8) is 0 Å². The standard InChI is InChI=1S/C14H8F2N4/c15-11-3-1-9(5-12(11)16)6-14-19-18-13-4-2-10(7-17)8-20(13)14/h1-5,8H,6H2. The smallest absolute Gasteiger partial charge is 0.160 e. The van der Waals surface area contributed by atoms with Crippen LogP contribution < -0.4 is 0 Å². The summed E-state index contributed by atoms with van der Waals surface area (Å²) in [7, 11) is 0. The van der Waals surface area contributed by atoms with Gasteiger partial charge in [0.25, 0.3) is 0 Å². The predicted molar refractivity (Wildman–Crippen MR) is 66.9 cm³/mol. The Morgan fingerprint density at radius 2 is 1.95 bits per heavy atom. The van der Waals surface area contributed by atoms with E-state index in [0.717, 1.165) is 12.1 Å². The fraction of sp³-hybridized carbons (Fsp3) is 0.0714. The van der Waals surface area contributed by atoms with E-state index >= 15 is 0 Å². The molecule has 98 valence electrons. The number of nitriles is 1. The SMILES string of the molecule is N#Cc1ccc2nnc(Cc3ccc(F)c(F)c3)n2c1. The Bertz CT molecular complexity index is 833. The molecule has 0 unspecified atom stereocenters. The molecule has 0 radical (unpaired) electrons. The summed E-state index contributed by atoms with van der Waals surface area (Å²) in [5.41, 5.74) is 1.66. The van der Waals surface area contributed by atoms with E-state index in [2.05, 4.69) is 10.2 Å². The van der Waals surface area contributed by atoms with Gasteiger partial charge in [0.05, 0.1) is 5.56 Å². The second-order valence-electron chi connectivity index (χ2n) is 4.30. The van der Waals surface area contributed by atoms with Gasteiger partial charge in [-0.1, -0.05) is 6.07 Å². The van der Waals surface area contributed by atoms with Crippen LogP contribution in [0.1, 0.15) is 17.0 Å². The summed E-state index contributed by atoms with van der Waals surface area (Å²) in [4.78, 5) is 0. The van der Waals surface area contributed by atoms with Crippen LogP contribution >= 0.6 is 0 Å². The number of benzene rings is 1. The number of aromatic nitrogens is 3. The van der Waals surface area contributed by atoms with Gasteiger partial charge < -0.3 is 0 Å². The lowest BCUT2D eigenvalue weighted by molar-refractivity contribution is 0.507. The van der Waals surface area contributed by atoms with Crippen molar-refractivity contribution in [2.24, 2.45) is 0 Å². The van der Waals surface area contributed by atoms with Crippen LogP contribution in [-0.2, 0) is 6.42 Å². The van der Waals surface area contributed by atoms with Gasteiger partial charge in [-0.2, -0.15) is 5.26 Å². The molecule has 3 rings (SSSR count). The van der Waals surface area contributed by atoms with Crippen molar-refractivity contribution in [2.75, 3.05) is 0 Å². The average Bonchev–Trinajstić information content (AvgIpc) is 2.85. The van der Waals surface area contributed by atoms with Crippen molar-refractivity contribution in [2.45, 2.75) is 6.42 Å². The van der Waals surface area contributed by atoms with E-state index in [1.807, 2.05) is 6.07 Å². The second-order valence-corrected chi connectivity index (χ2v) is 4.30. The Labute approximate surface area is 112 Å². The summed E-state index contributed by atoms with van der Waals surface area (Å²) in [6.07, 6.45) is 1.91. The molecular formula is C14H8F2N4. The van der Waals surface area contributed by atoms with Crippen molar-refractivity contribution in [3.8, 4) is 6.07 Å². The van der Waals surface area contributed by atoms with E-state index in [-0.39, 0.29) is 0 Å². The van der Waals surface area contributed by atoms with Crippen molar-refractivity contribution >= 4 is 5.65 Å². The summed E-state index contributed by atoms with van der Waals surface area (Å²) < 4.78 is 27.7. The van der Waals surface area contributed by atoms with Crippen molar-refractivity contribution in [3.05, 3.63) is 65.1 Å². The second kappa shape index (κ2) is 4.70. The lowest BCUT2D eigenvalue weighted by Gasteiger charge is -2.02. The molecule has 4 nitrogen and oxygen atoms in total. The van der Waals surface area contributed by atoms with Gasteiger partial charge in [-0.15, -0.1) is 10.2 Å². The minimum absolute atomic E-state index is 0.299. The fourth-order valence-corrected chi connectivity index (χ4v) is 1.96. The van der Waals surface area contributed by atoms with Gasteiger partial charge in [0, 0.05) is 12.6 Å². The predicted octanol–water partition coefficient (Wildman–Crippen LogP) is 2.47. The van der Waals surface area contributed by atoms with Gasteiger partial charge in [-0.05, 0) is 29.8 Å². The van der Waals surface area contributed by atoms with E-state index in [4.69, 9.17) is 5.26 Å². The minimum atomic E-state index is -0.894. The first-order valence-corrected chi connectivity index (χ1v) is 5.85. The normalized spacial score (nSPS) is 10.7. The molecule has 6 heteroatoms. The summed E-state index contributed by atoms with van der Waals surface area (Å²) in [5, 5.41) is 16.9. The van der Waals surface area contributed by atoms with Gasteiger partial charge in [0.1, 0.15) is 11.9 Å². The van der Waals surface area contributed by atoms with Crippen LogP contribution in [0.3, 0.4) is 0 Å². The number of fused-ring (bicyclic) bond motifs is 1. The zero-order valence-corrected chi connectivity index (χ0v) is 10.2. The molecule has 20 heavy (non-hydrogen) atoms. The molecule has 0 aliphatic carbocycles. The Hall–Kier alpha value is -2.81. The quantitative estimate of drug-likeness (QED) is 0.718. The molecule has 2 heterocycles. The minimum Gasteiger partial charge on any atom is -0.285 e. The molecule has 0 aliphatic rings. The third-order valence-electron chi connectivity index (χ3n) is 2.95. The van der Waals surface area contributed by atoms with Gasteiger partial charge in [0.15, 0.2) is 17.3 Å². The van der Waals surface area contributed by atoms with E-state index in [0.29, 0.717) is 29.0 Å². The van der Waals surface area contributed by atoms with E-state index in [1.165, 1.54) is 6.07 Å². The Balaban J connectivity index is 2.02. The van der Waals surface area contributed by atoms with Gasteiger partial charge in [-0.25, -0.2) is 8.78 Å². The first kappa shape index (κ1) is 12.2. The van der Waals surface area contributed by atoms with Crippen molar-refractivity contribution in [1.82, 2.24) is 14.6 Å². The number of rotatable bonds is 2. The Morgan fingerprint density at radius 1 is 1.10 bits per heavy atom. The molecule has 0 atom stereocenters. The summed E-state index contributed by atoms with van der Waals surface area (Å²) in [6.45, 7) is 0. The largest absolute Gasteiger partial charge is 0.285 e. The molecule has 0 fully saturated rings. The van der Waals surface area contributed by atoms with Gasteiger partial charge in [-0.3, -0.25) is 4.40 Å². The van der Waals surface area contributed by atoms with Gasteiger partial charge in [0.2, 0.25) is 0 Å². The third kappa shape index (κ3) is 2.10. The zero-order chi connectivity index (χ0) is 14.1. The first-order valence-electron chi connectivity index (χ1n) is 5.85. The highest BCUT2D eigenvalue weighted by molar-refractivity contribution is 5.43. The number of pyridine rings is 1. The van der Waals surface area contributed by atoms with Crippen molar-refractivity contribution < 1.29 is 8.78 Å². The Kier molecular flexibility index (Phi) is 2.88. The van der Waals surface area contributed by atoms with Crippen LogP contribution in [0.15, 0.2) is 36.5 Å². The molecule has 0 amide bonds. The third-order valence-corrected chi connectivity index (χ3v) is 2.95. The summed E-state index contributed by atoms with van der Waals surface area (Å²) in [5.74, 6) is -1.22. The highest BCUT2D eigenvalue weighted by Gasteiger charge is 2.09. The van der Waals surface area contributed by atoms with E-state index in [9.17, 15) is 8.78 Å². The number of hydrogen-bond donors (Lipinski definition) is 0. The monoisotopic (exact) mass is 270 g/mol. The van der Waals surface area contributed by atoms with Crippen molar-refractivity contribution in [1.29, 1.82) is 5.26 Å². The van der Waals surface area contributed by atoms with Crippen LogP contribution in [0.4, 0.5) is 8.78 Å². The molecule has 0 saturated heterocycles. The summed E-state index contributed by atoms with van der Waals surface area (Å²) in [6, 6.07) is 9.06. The van der Waals surface area contributed by atoms with Crippen LogP contribution in [0, 0.1) is 23.0 Å². The molecule has 0 aliphatic heterocycles. The lowest BCUT2D eigenvalue weighted by atomic mass is 10.1. The average molecular weight is 270 g/mol. The molecule has 1 aromatic carbocycles. The molecular weight excluding hydrogens is 262 g/mol. The molecule has 0 bridgehead atoms. The topological polar surface area (TPSA) is 54.0 Å². The van der Waals surface area contributed by atoms with Crippen LogP contribution in [-0.4, -0.2) is 14.6 Å². The first-order chi connectivity index (χ1) is 9.67. The maximum absolute atomic E-state index is 13.2. The van der Waals surface area contributed by atoms with Crippen LogP contribution in [0.5, 0.6) is 0 Å². The number of hydrogen-bond acceptors (Lipinski definition) is 3. The van der Waals surface area contributed by atoms with Crippen LogP contribution in [0.25, 0.3) is 5.65 Å². The maximum atomic E-state index is 13.2. The fourth-order valence-electron chi connectivity index (χ4n) is 1.96. The zero-order valence-electron chi connectivity index (χ0n) is 10.2. The summed E-state index contributed by atoms with van der Waals surface area (Å²) >= 11 is 0. The molecule has 0 N–H and O–H groups in total.